The largest absolute Gasteiger partial charge is 0.358 e. The highest BCUT2D eigenvalue weighted by Crippen LogP contribution is 2.62. The average Bonchev–Trinajstić information content (AvgIpc) is 3.65. The average molecular weight is 581 g/mol. The van der Waals surface area contributed by atoms with Crippen LogP contribution in [0.15, 0.2) is 101 Å². The van der Waals surface area contributed by atoms with E-state index in [1.807, 2.05) is 89.3 Å². The van der Waals surface area contributed by atoms with Crippen LogP contribution in [0.5, 0.6) is 0 Å². The lowest BCUT2D eigenvalue weighted by molar-refractivity contribution is -0.122. The molecule has 0 unspecified atom stereocenters. The van der Waals surface area contributed by atoms with Gasteiger partial charge in [-0.05, 0) is 52.4 Å². The minimum Gasteiger partial charge on any atom is -0.358 e. The first-order chi connectivity index (χ1) is 18.5. The molecule has 1 spiro atoms. The molecular weight excluding hydrogens is 560 g/mol. The van der Waals surface area contributed by atoms with E-state index in [1.165, 1.54) is 11.3 Å². The summed E-state index contributed by atoms with van der Waals surface area (Å²) in [6, 6.07) is 24.9. The van der Waals surface area contributed by atoms with Gasteiger partial charge in [-0.2, -0.15) is 0 Å². The van der Waals surface area contributed by atoms with Gasteiger partial charge in [0.15, 0.2) is 11.6 Å². The van der Waals surface area contributed by atoms with E-state index >= 15 is 0 Å². The molecule has 1 amide bonds. The summed E-state index contributed by atoms with van der Waals surface area (Å²) in [4.78, 5) is 45.8. The van der Waals surface area contributed by atoms with Crippen LogP contribution in [0.2, 0.25) is 0 Å². The van der Waals surface area contributed by atoms with Crippen LogP contribution in [-0.4, -0.2) is 28.4 Å². The van der Waals surface area contributed by atoms with E-state index in [0.29, 0.717) is 16.1 Å². The van der Waals surface area contributed by atoms with Gasteiger partial charge >= 0.3 is 0 Å². The third kappa shape index (κ3) is 3.12. The molecule has 1 aromatic heterocycles. The first kappa shape index (κ1) is 23.3. The quantitative estimate of drug-likeness (QED) is 0.280. The molecule has 7 heteroatoms. The minimum atomic E-state index is -1.31. The maximum absolute atomic E-state index is 14.6. The van der Waals surface area contributed by atoms with Crippen molar-refractivity contribution in [1.82, 2.24) is 4.90 Å². The first-order valence-electron chi connectivity index (χ1n) is 12.3. The Morgan fingerprint density at radius 3 is 2.45 bits per heavy atom. The number of hydrogen-bond donors (Lipinski definition) is 1. The second kappa shape index (κ2) is 8.61. The molecule has 186 valence electrons. The predicted octanol–water partition coefficient (Wildman–Crippen LogP) is 6.49. The van der Waals surface area contributed by atoms with Gasteiger partial charge in [-0.15, -0.1) is 11.3 Å². The van der Waals surface area contributed by atoms with Crippen LogP contribution < -0.4 is 5.32 Å². The number of rotatable bonds is 4. The number of halogens is 1. The number of ketones is 2. The highest BCUT2D eigenvalue weighted by atomic mass is 79.9. The Kier molecular flexibility index (Phi) is 5.29. The van der Waals surface area contributed by atoms with Crippen molar-refractivity contribution < 1.29 is 14.4 Å². The zero-order valence-electron chi connectivity index (χ0n) is 20.0. The molecule has 4 heterocycles. The molecular formula is C31H21BrN2O3S. The van der Waals surface area contributed by atoms with Crippen LogP contribution in [0.1, 0.15) is 42.8 Å². The number of Topliss-reactive ketones (excluding diaryl/α,β-unsaturated/α-hetero) is 2. The van der Waals surface area contributed by atoms with Crippen molar-refractivity contribution in [3.05, 3.63) is 128 Å². The maximum atomic E-state index is 14.6. The third-order valence-electron chi connectivity index (χ3n) is 8.01. The minimum absolute atomic E-state index is 0.154. The van der Waals surface area contributed by atoms with Gasteiger partial charge in [0.2, 0.25) is 5.91 Å². The molecule has 7 rings (SSSR count). The summed E-state index contributed by atoms with van der Waals surface area (Å²) >= 11 is 4.81. The van der Waals surface area contributed by atoms with Gasteiger partial charge in [0.1, 0.15) is 11.5 Å². The number of nitrogens with zero attached hydrogens (tertiary/aromatic N) is 1. The smallest absolute Gasteiger partial charge is 0.238 e. The van der Waals surface area contributed by atoms with Crippen molar-refractivity contribution in [2.75, 3.05) is 5.32 Å². The monoisotopic (exact) mass is 580 g/mol. The van der Waals surface area contributed by atoms with Crippen molar-refractivity contribution in [2.45, 2.75) is 17.5 Å². The number of carbonyl (C=O) groups excluding carboxylic acids is 3. The Morgan fingerprint density at radius 2 is 1.66 bits per heavy atom. The number of para-hydroxylation sites is 1. The number of benzene rings is 3. The number of anilines is 1. The second-order valence-corrected chi connectivity index (χ2v) is 11.7. The van der Waals surface area contributed by atoms with Gasteiger partial charge in [-0.1, -0.05) is 76.6 Å². The van der Waals surface area contributed by atoms with E-state index in [9.17, 15) is 14.4 Å². The van der Waals surface area contributed by atoms with Crippen molar-refractivity contribution in [2.24, 2.45) is 5.92 Å². The molecule has 5 nitrogen and oxygen atoms in total. The zero-order valence-corrected chi connectivity index (χ0v) is 22.4. The summed E-state index contributed by atoms with van der Waals surface area (Å²) in [6.07, 6.45) is 3.87. The highest BCUT2D eigenvalue weighted by Gasteiger charge is 2.70. The molecule has 0 bridgehead atoms. The predicted molar refractivity (Wildman–Crippen MR) is 151 cm³/mol. The normalized spacial score (nSPS) is 24.6. The third-order valence-corrected chi connectivity index (χ3v) is 9.43. The number of nitrogens with one attached hydrogen (secondary N) is 1. The van der Waals surface area contributed by atoms with E-state index in [4.69, 9.17) is 0 Å². The van der Waals surface area contributed by atoms with E-state index < -0.39 is 23.4 Å². The Balaban J connectivity index is 1.55. The lowest BCUT2D eigenvalue weighted by atomic mass is 9.63. The molecule has 3 aliphatic rings. The first-order valence-corrected chi connectivity index (χ1v) is 14.0. The van der Waals surface area contributed by atoms with Crippen molar-refractivity contribution in [3.63, 3.8) is 0 Å². The molecule has 4 atom stereocenters. The SMILES string of the molecule is O=C(c1ccc(Br)cc1)[C@@H]1[C@H](C(=O)c2cccs2)N2C=Cc3ccccc3[C@@H]2[C@]12C(=O)Nc1ccccc12. The molecule has 0 radical (unpaired) electrons. The molecule has 1 N–H and O–H groups in total. The van der Waals surface area contributed by atoms with Gasteiger partial charge in [-0.3, -0.25) is 14.4 Å². The molecule has 0 aliphatic carbocycles. The topological polar surface area (TPSA) is 66.5 Å². The summed E-state index contributed by atoms with van der Waals surface area (Å²) in [5.74, 6) is -1.59. The summed E-state index contributed by atoms with van der Waals surface area (Å²) < 4.78 is 0.847. The van der Waals surface area contributed by atoms with E-state index in [1.54, 1.807) is 18.2 Å². The second-order valence-electron chi connectivity index (χ2n) is 9.80. The number of thiophene rings is 1. The molecule has 3 aromatic carbocycles. The number of carbonyl (C=O) groups is 3. The van der Waals surface area contributed by atoms with E-state index in [0.717, 1.165) is 21.2 Å². The Bertz CT molecular complexity index is 1650. The summed E-state index contributed by atoms with van der Waals surface area (Å²) in [5, 5.41) is 4.94. The number of hydrogen-bond acceptors (Lipinski definition) is 5. The molecule has 0 saturated carbocycles. The van der Waals surface area contributed by atoms with Crippen LogP contribution >= 0.6 is 27.3 Å². The summed E-state index contributed by atoms with van der Waals surface area (Å²) in [7, 11) is 0. The fourth-order valence-electron chi connectivity index (χ4n) is 6.53. The fourth-order valence-corrected chi connectivity index (χ4v) is 7.49. The zero-order chi connectivity index (χ0) is 26.0. The van der Waals surface area contributed by atoms with Gasteiger partial charge in [0.05, 0.1) is 16.8 Å². The molecule has 38 heavy (non-hydrogen) atoms. The lowest BCUT2D eigenvalue weighted by Gasteiger charge is -2.38. The molecule has 4 aromatic rings. The molecule has 1 saturated heterocycles. The van der Waals surface area contributed by atoms with Gasteiger partial charge in [-0.25, -0.2) is 0 Å². The van der Waals surface area contributed by atoms with Crippen LogP contribution in [0, 0.1) is 5.92 Å². The Hall–Kier alpha value is -3.81. The molecule has 3 aliphatic heterocycles. The lowest BCUT2D eigenvalue weighted by Crippen LogP contribution is -2.49. The summed E-state index contributed by atoms with van der Waals surface area (Å²) in [5.41, 5.74) is 2.50. The standard InChI is InChI=1S/C31H21BrN2O3S/c32-20-13-11-19(12-14-20)27(35)25-26(28(36)24-10-5-17-38-24)34-16-15-18-6-1-2-7-21(18)29(34)31(25)22-8-3-4-9-23(22)33-30(31)37/h1-17,25-26,29H,(H,33,37)/t25-,26+,29+,31+/m0/s1. The van der Waals surface area contributed by atoms with Crippen molar-refractivity contribution >= 4 is 56.5 Å². The highest BCUT2D eigenvalue weighted by molar-refractivity contribution is 9.10. The van der Waals surface area contributed by atoms with Gasteiger partial charge in [0.25, 0.3) is 0 Å². The summed E-state index contributed by atoms with van der Waals surface area (Å²) in [6.45, 7) is 0. The van der Waals surface area contributed by atoms with Crippen LogP contribution in [0.3, 0.4) is 0 Å². The molecule has 1 fully saturated rings. The van der Waals surface area contributed by atoms with Gasteiger partial charge in [0, 0.05) is 21.9 Å². The van der Waals surface area contributed by atoms with E-state index in [-0.39, 0.29) is 17.5 Å². The fraction of sp³-hybridized carbons (Fsp3) is 0.129. The Morgan fingerprint density at radius 1 is 0.895 bits per heavy atom. The maximum Gasteiger partial charge on any atom is 0.238 e. The van der Waals surface area contributed by atoms with Crippen molar-refractivity contribution in [3.8, 4) is 0 Å². The van der Waals surface area contributed by atoms with E-state index in [2.05, 4.69) is 21.2 Å². The van der Waals surface area contributed by atoms with Crippen LogP contribution in [0.4, 0.5) is 5.69 Å². The van der Waals surface area contributed by atoms with Gasteiger partial charge < -0.3 is 10.2 Å². The van der Waals surface area contributed by atoms with Crippen LogP contribution in [0.25, 0.3) is 6.08 Å². The van der Waals surface area contributed by atoms with Crippen molar-refractivity contribution in [1.29, 1.82) is 0 Å². The number of fused-ring (bicyclic) bond motifs is 6. The van der Waals surface area contributed by atoms with Crippen LogP contribution in [-0.2, 0) is 10.2 Å². The Labute approximate surface area is 231 Å². The number of amides is 1.